The summed E-state index contributed by atoms with van der Waals surface area (Å²) in [7, 11) is 0. The summed E-state index contributed by atoms with van der Waals surface area (Å²) in [6.07, 6.45) is 1.34. The van der Waals surface area contributed by atoms with Gasteiger partial charge in [-0.3, -0.25) is 10.1 Å². The zero-order valence-electron chi connectivity index (χ0n) is 9.44. The lowest BCUT2D eigenvalue weighted by molar-refractivity contribution is -0.386. The second-order valence-corrected chi connectivity index (χ2v) is 5.71. The van der Waals surface area contributed by atoms with E-state index in [0.717, 1.165) is 6.07 Å². The number of halogens is 4. The van der Waals surface area contributed by atoms with E-state index in [4.69, 9.17) is 16.3 Å². The third-order valence-corrected chi connectivity index (χ3v) is 3.52. The summed E-state index contributed by atoms with van der Waals surface area (Å²) in [5.41, 5.74) is -0.346. The van der Waals surface area contributed by atoms with Gasteiger partial charge in [0.1, 0.15) is 11.6 Å². The maximum atomic E-state index is 13.4. The molecule has 104 valence electrons. The lowest BCUT2D eigenvalue weighted by atomic mass is 10.3. The number of hydrogen-bond acceptors (Lipinski definition) is 4. The minimum absolute atomic E-state index is 0.0322. The Kier molecular flexibility index (Phi) is 4.56. The number of benzene rings is 1. The molecule has 2 rings (SSSR count). The van der Waals surface area contributed by atoms with Crippen molar-refractivity contribution >= 4 is 49.1 Å². The Morgan fingerprint density at radius 3 is 2.70 bits per heavy atom. The van der Waals surface area contributed by atoms with Crippen molar-refractivity contribution in [3.05, 3.63) is 54.3 Å². The maximum absolute atomic E-state index is 13.4. The monoisotopic (exact) mass is 424 g/mol. The van der Waals surface area contributed by atoms with Gasteiger partial charge >= 0.3 is 5.69 Å². The van der Waals surface area contributed by atoms with Crippen molar-refractivity contribution in [1.29, 1.82) is 0 Å². The Hall–Kier alpha value is -1.25. The summed E-state index contributed by atoms with van der Waals surface area (Å²) >= 11 is 11.8. The van der Waals surface area contributed by atoms with Crippen LogP contribution in [0.2, 0.25) is 5.02 Å². The number of nitro groups is 1. The van der Waals surface area contributed by atoms with Crippen LogP contribution in [-0.4, -0.2) is 9.91 Å². The summed E-state index contributed by atoms with van der Waals surface area (Å²) in [6.45, 7) is 0. The van der Waals surface area contributed by atoms with Crippen LogP contribution in [0.5, 0.6) is 11.6 Å². The molecule has 0 N–H and O–H groups in total. The quantitative estimate of drug-likeness (QED) is 0.389. The summed E-state index contributed by atoms with van der Waals surface area (Å²) in [5.74, 6) is -0.921. The summed E-state index contributed by atoms with van der Waals surface area (Å²) in [6, 6.07) is 3.54. The van der Waals surface area contributed by atoms with Crippen LogP contribution in [0.3, 0.4) is 0 Å². The minimum atomic E-state index is -0.704. The smallest absolute Gasteiger partial charge is 0.332 e. The predicted molar refractivity (Wildman–Crippen MR) is 77.8 cm³/mol. The van der Waals surface area contributed by atoms with Gasteiger partial charge in [-0.25, -0.2) is 9.37 Å². The standard InChI is InChI=1S/C11H4Br2ClFN2O3/c12-5-1-9(17(18)19)11(16-4-5)20-10-3-8(15)7(14)2-6(10)13/h1-4H. The van der Waals surface area contributed by atoms with E-state index >= 15 is 0 Å². The average Bonchev–Trinajstić information content (AvgIpc) is 2.37. The van der Waals surface area contributed by atoms with Gasteiger partial charge in [-0.15, -0.1) is 0 Å². The molecule has 0 saturated heterocycles. The fourth-order valence-electron chi connectivity index (χ4n) is 1.31. The number of pyridine rings is 1. The lowest BCUT2D eigenvalue weighted by Gasteiger charge is -2.08. The maximum Gasteiger partial charge on any atom is 0.332 e. The van der Waals surface area contributed by atoms with E-state index in [0.29, 0.717) is 8.95 Å². The molecule has 0 radical (unpaired) electrons. The molecule has 0 aliphatic heterocycles. The molecule has 1 heterocycles. The van der Waals surface area contributed by atoms with Gasteiger partial charge in [0.05, 0.1) is 14.4 Å². The molecule has 20 heavy (non-hydrogen) atoms. The normalized spacial score (nSPS) is 10.4. The van der Waals surface area contributed by atoms with Crippen LogP contribution < -0.4 is 4.74 Å². The van der Waals surface area contributed by atoms with Crippen LogP contribution in [0, 0.1) is 15.9 Å². The fraction of sp³-hybridized carbons (Fsp3) is 0. The SMILES string of the molecule is O=[N+]([O-])c1cc(Br)cnc1Oc1cc(F)c(Cl)cc1Br. The Labute approximate surface area is 134 Å². The Balaban J connectivity index is 2.45. The molecule has 0 unspecified atom stereocenters. The van der Waals surface area contributed by atoms with Crippen LogP contribution >= 0.6 is 43.5 Å². The molecule has 0 saturated carbocycles. The van der Waals surface area contributed by atoms with Crippen molar-refractivity contribution in [3.63, 3.8) is 0 Å². The molecule has 0 spiro atoms. The highest BCUT2D eigenvalue weighted by Gasteiger charge is 2.20. The fourth-order valence-corrected chi connectivity index (χ4v) is 2.35. The van der Waals surface area contributed by atoms with Crippen molar-refractivity contribution in [3.8, 4) is 11.6 Å². The Morgan fingerprint density at radius 2 is 2.05 bits per heavy atom. The highest BCUT2D eigenvalue weighted by Crippen LogP contribution is 2.36. The molecular weight excluding hydrogens is 422 g/mol. The first-order chi connectivity index (χ1) is 9.38. The topological polar surface area (TPSA) is 65.3 Å². The van der Waals surface area contributed by atoms with E-state index in [1.54, 1.807) is 0 Å². The zero-order valence-corrected chi connectivity index (χ0v) is 13.4. The van der Waals surface area contributed by atoms with Crippen LogP contribution in [0.15, 0.2) is 33.3 Å². The molecule has 5 nitrogen and oxygen atoms in total. The second-order valence-electron chi connectivity index (χ2n) is 3.53. The van der Waals surface area contributed by atoms with Crippen molar-refractivity contribution < 1.29 is 14.1 Å². The van der Waals surface area contributed by atoms with Gasteiger partial charge in [-0.2, -0.15) is 0 Å². The van der Waals surface area contributed by atoms with Crippen molar-refractivity contribution in [2.24, 2.45) is 0 Å². The van der Waals surface area contributed by atoms with E-state index in [2.05, 4.69) is 36.8 Å². The van der Waals surface area contributed by atoms with E-state index < -0.39 is 10.7 Å². The van der Waals surface area contributed by atoms with Gasteiger partial charge in [0, 0.05) is 22.8 Å². The van der Waals surface area contributed by atoms with Crippen LogP contribution in [0.25, 0.3) is 0 Å². The third-order valence-electron chi connectivity index (χ3n) is 2.18. The van der Waals surface area contributed by atoms with Crippen LogP contribution in [0.1, 0.15) is 0 Å². The highest BCUT2D eigenvalue weighted by atomic mass is 79.9. The van der Waals surface area contributed by atoms with Gasteiger partial charge in [0.2, 0.25) is 0 Å². The first-order valence-corrected chi connectivity index (χ1v) is 6.97. The Morgan fingerprint density at radius 1 is 1.35 bits per heavy atom. The number of nitrogens with zero attached hydrogens (tertiary/aromatic N) is 2. The molecule has 1 aromatic heterocycles. The van der Waals surface area contributed by atoms with E-state index in [1.807, 2.05) is 0 Å². The molecule has 0 amide bonds. The van der Waals surface area contributed by atoms with Crippen LogP contribution in [0.4, 0.5) is 10.1 Å². The van der Waals surface area contributed by atoms with Gasteiger partial charge in [0.25, 0.3) is 5.88 Å². The largest absolute Gasteiger partial charge is 0.432 e. The van der Waals surface area contributed by atoms with E-state index in [-0.39, 0.29) is 22.3 Å². The molecule has 0 bridgehead atoms. The first kappa shape index (κ1) is 15.1. The first-order valence-electron chi connectivity index (χ1n) is 5.01. The molecular formula is C11H4Br2ClFN2O3. The summed E-state index contributed by atoms with van der Waals surface area (Å²) < 4.78 is 19.4. The number of ether oxygens (including phenoxy) is 1. The third kappa shape index (κ3) is 3.25. The number of rotatable bonds is 3. The van der Waals surface area contributed by atoms with E-state index in [1.165, 1.54) is 18.3 Å². The average molecular weight is 426 g/mol. The number of hydrogen-bond donors (Lipinski definition) is 0. The number of aromatic nitrogens is 1. The van der Waals surface area contributed by atoms with Gasteiger partial charge in [-0.1, -0.05) is 11.6 Å². The lowest BCUT2D eigenvalue weighted by Crippen LogP contribution is -1.97. The molecule has 0 atom stereocenters. The second kappa shape index (κ2) is 6.02. The molecule has 9 heteroatoms. The molecule has 0 aliphatic carbocycles. The van der Waals surface area contributed by atoms with Gasteiger partial charge in [-0.05, 0) is 37.9 Å². The minimum Gasteiger partial charge on any atom is -0.432 e. The van der Waals surface area contributed by atoms with Gasteiger partial charge < -0.3 is 4.74 Å². The Bertz CT molecular complexity index is 700. The van der Waals surface area contributed by atoms with Crippen molar-refractivity contribution in [2.75, 3.05) is 0 Å². The molecule has 1 aromatic carbocycles. The van der Waals surface area contributed by atoms with Gasteiger partial charge in [0.15, 0.2) is 0 Å². The van der Waals surface area contributed by atoms with Crippen molar-refractivity contribution in [1.82, 2.24) is 4.98 Å². The zero-order chi connectivity index (χ0) is 14.9. The molecule has 0 fully saturated rings. The highest BCUT2D eigenvalue weighted by molar-refractivity contribution is 9.10. The summed E-state index contributed by atoms with van der Waals surface area (Å²) in [5, 5.41) is 10.8. The molecule has 2 aromatic rings. The molecule has 0 aliphatic rings. The van der Waals surface area contributed by atoms with Crippen LogP contribution in [-0.2, 0) is 0 Å². The van der Waals surface area contributed by atoms with E-state index in [9.17, 15) is 14.5 Å². The van der Waals surface area contributed by atoms with Crippen molar-refractivity contribution in [2.45, 2.75) is 0 Å². The summed E-state index contributed by atoms with van der Waals surface area (Å²) in [4.78, 5) is 14.1. The predicted octanol–water partition coefficient (Wildman–Crippen LogP) is 5.10.